The number of nitrogens with zero attached hydrogens (tertiary/aromatic N) is 2. The second-order valence-corrected chi connectivity index (χ2v) is 10.5. The van der Waals surface area contributed by atoms with Gasteiger partial charge in [-0.2, -0.15) is 0 Å². The van der Waals surface area contributed by atoms with Crippen LogP contribution >= 0.6 is 0 Å². The lowest BCUT2D eigenvalue weighted by molar-refractivity contribution is -0.159. The molecule has 4 N–H and O–H groups in total. The lowest BCUT2D eigenvalue weighted by Crippen LogP contribution is -2.31. The lowest BCUT2D eigenvalue weighted by Gasteiger charge is -2.26. The van der Waals surface area contributed by atoms with Crippen LogP contribution in [-0.2, 0) is 19.2 Å². The van der Waals surface area contributed by atoms with Crippen molar-refractivity contribution in [2.45, 2.75) is 51.4 Å². The SMILES string of the molecule is O=C(O)C(=O)O.O=C(O)C(=O)O.c1cc(-c2ccc(OCCCN3CCCCC3)cc2)ccc1OCCCN1CCCCC1. The highest BCUT2D eigenvalue weighted by Crippen LogP contribution is 2.25. The van der Waals surface area contributed by atoms with Crippen LogP contribution in [0.1, 0.15) is 51.4 Å². The maximum absolute atomic E-state index is 9.10. The Hall–Kier alpha value is -4.16. The van der Waals surface area contributed by atoms with Crippen molar-refractivity contribution in [1.29, 1.82) is 0 Å². The summed E-state index contributed by atoms with van der Waals surface area (Å²) in [5.74, 6) is -5.38. The predicted molar refractivity (Wildman–Crippen MR) is 163 cm³/mol. The average Bonchev–Trinajstić information content (AvgIpc) is 3.03. The third kappa shape index (κ3) is 15.4. The van der Waals surface area contributed by atoms with E-state index < -0.39 is 23.9 Å². The van der Waals surface area contributed by atoms with E-state index in [0.717, 1.165) is 50.6 Å². The standard InChI is InChI=1S/C28H40N2O2.2C2H2O4/c1-3-17-29(18-4-1)21-7-23-31-27-13-9-25(10-14-27)26-11-15-28(16-12-26)32-24-8-22-30-19-5-2-6-20-30;2*3-1(4)2(5)6/h9-16H,1-8,17-24H2;2*(H,3,4)(H,5,6). The summed E-state index contributed by atoms with van der Waals surface area (Å²) < 4.78 is 11.9. The van der Waals surface area contributed by atoms with Crippen molar-refractivity contribution in [3.63, 3.8) is 0 Å². The summed E-state index contributed by atoms with van der Waals surface area (Å²) in [5.41, 5.74) is 2.42. The molecule has 12 nitrogen and oxygen atoms in total. The molecule has 242 valence electrons. The molecule has 0 spiro atoms. The molecule has 0 unspecified atom stereocenters. The Morgan fingerprint density at radius 3 is 1.07 bits per heavy atom. The molecule has 4 rings (SSSR count). The summed E-state index contributed by atoms with van der Waals surface area (Å²) in [7, 11) is 0. The summed E-state index contributed by atoms with van der Waals surface area (Å²) in [6.45, 7) is 8.94. The Morgan fingerprint density at radius 1 is 0.500 bits per heavy atom. The van der Waals surface area contributed by atoms with Crippen LogP contribution in [0.2, 0.25) is 0 Å². The van der Waals surface area contributed by atoms with E-state index in [2.05, 4.69) is 58.3 Å². The zero-order valence-corrected chi connectivity index (χ0v) is 25.1. The van der Waals surface area contributed by atoms with Gasteiger partial charge in [-0.3, -0.25) is 0 Å². The quantitative estimate of drug-likeness (QED) is 0.210. The maximum atomic E-state index is 9.10. The summed E-state index contributed by atoms with van der Waals surface area (Å²) >= 11 is 0. The first-order valence-electron chi connectivity index (χ1n) is 15.0. The van der Waals surface area contributed by atoms with Crippen LogP contribution in [0.5, 0.6) is 11.5 Å². The Balaban J connectivity index is 0.000000477. The molecular formula is C32H44N2O10. The van der Waals surface area contributed by atoms with Crippen molar-refractivity contribution in [2.24, 2.45) is 0 Å². The van der Waals surface area contributed by atoms with Crippen molar-refractivity contribution in [3.05, 3.63) is 48.5 Å². The molecule has 0 amide bonds. The molecule has 2 heterocycles. The smallest absolute Gasteiger partial charge is 0.414 e. The third-order valence-electron chi connectivity index (χ3n) is 7.08. The zero-order valence-electron chi connectivity index (χ0n) is 25.1. The molecule has 0 radical (unpaired) electrons. The van der Waals surface area contributed by atoms with E-state index in [0.29, 0.717) is 0 Å². The molecule has 0 aromatic heterocycles. The first-order chi connectivity index (χ1) is 21.2. The Kier molecular flexibility index (Phi) is 16.9. The van der Waals surface area contributed by atoms with E-state index >= 15 is 0 Å². The largest absolute Gasteiger partial charge is 0.494 e. The van der Waals surface area contributed by atoms with Crippen molar-refractivity contribution in [3.8, 4) is 22.6 Å². The van der Waals surface area contributed by atoms with Crippen molar-refractivity contribution in [2.75, 3.05) is 52.5 Å². The van der Waals surface area contributed by atoms with Crippen LogP contribution in [0.3, 0.4) is 0 Å². The van der Waals surface area contributed by atoms with Crippen LogP contribution in [0.15, 0.2) is 48.5 Å². The number of piperidine rings is 2. The molecule has 0 aliphatic carbocycles. The molecule has 2 saturated heterocycles. The fraction of sp³-hybridized carbons (Fsp3) is 0.500. The minimum Gasteiger partial charge on any atom is -0.494 e. The summed E-state index contributed by atoms with van der Waals surface area (Å²) in [6, 6.07) is 16.9. The van der Waals surface area contributed by atoms with Gasteiger partial charge in [-0.05, 0) is 100 Å². The minimum absolute atomic E-state index is 0.791. The van der Waals surface area contributed by atoms with Gasteiger partial charge >= 0.3 is 23.9 Å². The summed E-state index contributed by atoms with van der Waals surface area (Å²) in [5, 5.41) is 29.6. The van der Waals surface area contributed by atoms with E-state index in [1.165, 1.54) is 75.8 Å². The van der Waals surface area contributed by atoms with Gasteiger partial charge in [-0.15, -0.1) is 0 Å². The highest BCUT2D eigenvalue weighted by Gasteiger charge is 2.10. The molecule has 0 atom stereocenters. The Morgan fingerprint density at radius 2 is 0.795 bits per heavy atom. The highest BCUT2D eigenvalue weighted by molar-refractivity contribution is 6.27. The zero-order chi connectivity index (χ0) is 32.2. The van der Waals surface area contributed by atoms with E-state index in [1.807, 2.05) is 0 Å². The van der Waals surface area contributed by atoms with E-state index in [4.69, 9.17) is 49.1 Å². The van der Waals surface area contributed by atoms with Gasteiger partial charge < -0.3 is 39.7 Å². The number of likely N-dealkylation sites (tertiary alicyclic amines) is 2. The summed E-state index contributed by atoms with van der Waals surface area (Å²) in [4.78, 5) is 41.5. The fourth-order valence-electron chi connectivity index (χ4n) is 4.81. The number of carboxylic acids is 4. The third-order valence-corrected chi connectivity index (χ3v) is 7.08. The average molecular weight is 617 g/mol. The number of carboxylic acid groups (broad SMARTS) is 4. The molecule has 2 aromatic carbocycles. The van der Waals surface area contributed by atoms with E-state index in [1.54, 1.807) is 0 Å². The second-order valence-electron chi connectivity index (χ2n) is 10.5. The number of ether oxygens (including phenoxy) is 2. The first kappa shape index (κ1) is 36.0. The van der Waals surface area contributed by atoms with Gasteiger partial charge in [-0.1, -0.05) is 37.1 Å². The maximum Gasteiger partial charge on any atom is 0.414 e. The molecule has 2 fully saturated rings. The molecule has 2 aliphatic heterocycles. The van der Waals surface area contributed by atoms with Gasteiger partial charge in [0.25, 0.3) is 0 Å². The Labute approximate surface area is 257 Å². The molecule has 0 bridgehead atoms. The molecular weight excluding hydrogens is 572 g/mol. The van der Waals surface area contributed by atoms with Crippen LogP contribution in [0.25, 0.3) is 11.1 Å². The number of hydrogen-bond acceptors (Lipinski definition) is 8. The van der Waals surface area contributed by atoms with Crippen LogP contribution < -0.4 is 9.47 Å². The van der Waals surface area contributed by atoms with Crippen molar-refractivity contribution in [1.82, 2.24) is 9.80 Å². The van der Waals surface area contributed by atoms with Crippen LogP contribution in [0.4, 0.5) is 0 Å². The van der Waals surface area contributed by atoms with Crippen LogP contribution in [-0.4, -0.2) is 107 Å². The highest BCUT2D eigenvalue weighted by atomic mass is 16.5. The molecule has 0 saturated carbocycles. The monoisotopic (exact) mass is 616 g/mol. The number of carbonyl (C=O) groups is 4. The molecule has 12 heteroatoms. The molecule has 2 aliphatic rings. The number of rotatable bonds is 11. The normalized spacial score (nSPS) is 15.0. The van der Waals surface area contributed by atoms with Crippen molar-refractivity contribution >= 4 is 23.9 Å². The number of aliphatic carboxylic acids is 4. The lowest BCUT2D eigenvalue weighted by atomic mass is 10.1. The summed E-state index contributed by atoms with van der Waals surface area (Å²) in [6.07, 6.45) is 10.4. The van der Waals surface area contributed by atoms with Gasteiger partial charge in [-0.25, -0.2) is 19.2 Å². The second kappa shape index (κ2) is 20.7. The molecule has 2 aromatic rings. The van der Waals surface area contributed by atoms with E-state index in [-0.39, 0.29) is 0 Å². The van der Waals surface area contributed by atoms with E-state index in [9.17, 15) is 0 Å². The number of hydrogen-bond donors (Lipinski definition) is 4. The van der Waals surface area contributed by atoms with Crippen LogP contribution in [0, 0.1) is 0 Å². The van der Waals surface area contributed by atoms with Gasteiger partial charge in [0.15, 0.2) is 0 Å². The Bertz CT molecular complexity index is 1030. The number of benzene rings is 2. The van der Waals surface area contributed by atoms with Gasteiger partial charge in [0.2, 0.25) is 0 Å². The first-order valence-corrected chi connectivity index (χ1v) is 15.0. The van der Waals surface area contributed by atoms with Gasteiger partial charge in [0.05, 0.1) is 13.2 Å². The van der Waals surface area contributed by atoms with Gasteiger partial charge in [0.1, 0.15) is 11.5 Å². The predicted octanol–water partition coefficient (Wildman–Crippen LogP) is 4.17. The van der Waals surface area contributed by atoms with Gasteiger partial charge in [0, 0.05) is 13.1 Å². The molecule has 44 heavy (non-hydrogen) atoms. The van der Waals surface area contributed by atoms with Crippen molar-refractivity contribution < 1.29 is 49.1 Å². The fourth-order valence-corrected chi connectivity index (χ4v) is 4.81. The minimum atomic E-state index is -1.82. The topological polar surface area (TPSA) is 174 Å².